The number of halogens is 1. The Morgan fingerprint density at radius 1 is 1.25 bits per heavy atom. The fourth-order valence-electron chi connectivity index (χ4n) is 6.93. The van der Waals surface area contributed by atoms with E-state index in [4.69, 9.17) is 5.73 Å². The van der Waals surface area contributed by atoms with Gasteiger partial charge in [-0.1, -0.05) is 18.9 Å². The minimum atomic E-state index is -0.812. The summed E-state index contributed by atoms with van der Waals surface area (Å²) in [6.45, 7) is 2.19. The third-order valence-corrected chi connectivity index (χ3v) is 8.39. The Hall–Kier alpha value is -1.30. The standard InChI is InChI=1S/C22H30N2O3.ClH/c1-24(13-14-4-5-14)11-10-21-8-2-3-9-22(21,27)17(24)12-15-6-7-16(20(23)26)19(25)18(15)21;/h6-7,14,17,27H,2-5,8-13H2,1H3,(H2-,23,25,26);1H/t17-,21+,22?,24-;/m1./s1. The number of likely N-dealkylation sites (tertiary alicyclic amines) is 1. The highest BCUT2D eigenvalue weighted by Gasteiger charge is 2.69. The van der Waals surface area contributed by atoms with Gasteiger partial charge in [0.25, 0.3) is 5.91 Å². The van der Waals surface area contributed by atoms with Crippen molar-refractivity contribution in [2.24, 2.45) is 11.7 Å². The molecule has 1 saturated heterocycles. The topological polar surface area (TPSA) is 83.5 Å². The first kappa shape index (κ1) is 20.0. The van der Waals surface area contributed by atoms with Crippen LogP contribution in [0.3, 0.4) is 0 Å². The Morgan fingerprint density at radius 3 is 2.64 bits per heavy atom. The van der Waals surface area contributed by atoms with Gasteiger partial charge in [-0.15, -0.1) is 0 Å². The summed E-state index contributed by atoms with van der Waals surface area (Å²) in [5.41, 5.74) is 6.38. The lowest BCUT2D eigenvalue weighted by Gasteiger charge is -2.65. The van der Waals surface area contributed by atoms with Gasteiger partial charge >= 0.3 is 0 Å². The van der Waals surface area contributed by atoms with Crippen LogP contribution in [0.5, 0.6) is 5.75 Å². The van der Waals surface area contributed by atoms with Crippen LogP contribution in [0.1, 0.15) is 66.4 Å². The maximum absolute atomic E-state index is 12.2. The molecule has 1 amide bonds. The van der Waals surface area contributed by atoms with Crippen molar-refractivity contribution >= 4 is 5.91 Å². The number of benzene rings is 1. The largest absolute Gasteiger partial charge is 1.00 e. The summed E-state index contributed by atoms with van der Waals surface area (Å²) in [6, 6.07) is 3.81. The number of primary amides is 1. The highest BCUT2D eigenvalue weighted by molar-refractivity contribution is 5.96. The zero-order valence-electron chi connectivity index (χ0n) is 16.6. The first-order valence-electron chi connectivity index (χ1n) is 10.5. The maximum atomic E-state index is 12.2. The van der Waals surface area contributed by atoms with Crippen molar-refractivity contribution in [3.63, 3.8) is 0 Å². The molecule has 4 aliphatic rings. The number of quaternary nitrogens is 1. The first-order chi connectivity index (χ1) is 12.8. The van der Waals surface area contributed by atoms with Gasteiger partial charge in [0.2, 0.25) is 0 Å². The van der Waals surface area contributed by atoms with Crippen molar-refractivity contribution in [1.82, 2.24) is 0 Å². The summed E-state index contributed by atoms with van der Waals surface area (Å²) in [5.74, 6) is 0.233. The molecule has 3 fully saturated rings. The van der Waals surface area contributed by atoms with Gasteiger partial charge in [-0.2, -0.15) is 0 Å². The molecule has 5 nitrogen and oxygen atoms in total. The smallest absolute Gasteiger partial charge is 0.252 e. The number of amides is 1. The second-order valence-corrected chi connectivity index (χ2v) is 9.87. The molecule has 28 heavy (non-hydrogen) atoms. The van der Waals surface area contributed by atoms with E-state index in [9.17, 15) is 15.0 Å². The van der Waals surface area contributed by atoms with E-state index in [2.05, 4.69) is 7.05 Å². The van der Waals surface area contributed by atoms with Crippen LogP contribution >= 0.6 is 0 Å². The molecule has 1 heterocycles. The Kier molecular flexibility index (Phi) is 4.53. The molecule has 1 aromatic rings. The Bertz CT molecular complexity index is 826. The summed E-state index contributed by atoms with van der Waals surface area (Å²) < 4.78 is 0.945. The average Bonchev–Trinajstić information content (AvgIpc) is 3.42. The van der Waals surface area contributed by atoms with Gasteiger partial charge in [-0.25, -0.2) is 0 Å². The number of aromatic hydroxyl groups is 1. The lowest BCUT2D eigenvalue weighted by molar-refractivity contribution is -0.950. The van der Waals surface area contributed by atoms with Gasteiger partial charge in [-0.05, 0) is 37.3 Å². The van der Waals surface area contributed by atoms with Gasteiger partial charge in [0.15, 0.2) is 0 Å². The molecule has 6 heteroatoms. The molecule has 3 aliphatic carbocycles. The third kappa shape index (κ3) is 2.49. The maximum Gasteiger partial charge on any atom is 0.252 e. The monoisotopic (exact) mass is 406 g/mol. The second kappa shape index (κ2) is 6.35. The van der Waals surface area contributed by atoms with E-state index in [1.165, 1.54) is 12.8 Å². The Morgan fingerprint density at radius 2 is 1.96 bits per heavy atom. The van der Waals surface area contributed by atoms with Crippen molar-refractivity contribution in [2.75, 3.05) is 20.1 Å². The highest BCUT2D eigenvalue weighted by Crippen LogP contribution is 2.61. The predicted molar refractivity (Wildman–Crippen MR) is 102 cm³/mol. The fraction of sp³-hybridized carbons (Fsp3) is 0.682. The van der Waals surface area contributed by atoms with E-state index in [0.717, 1.165) is 73.1 Å². The molecule has 4 atom stereocenters. The summed E-state index contributed by atoms with van der Waals surface area (Å²) >= 11 is 0. The molecule has 0 aromatic heterocycles. The predicted octanol–water partition coefficient (Wildman–Crippen LogP) is -0.777. The normalized spacial score (nSPS) is 38.7. The lowest BCUT2D eigenvalue weighted by atomic mass is 9.48. The van der Waals surface area contributed by atoms with Crippen molar-refractivity contribution in [2.45, 2.75) is 68.4 Å². The molecule has 1 unspecified atom stereocenters. The van der Waals surface area contributed by atoms with E-state index in [1.807, 2.05) is 6.07 Å². The van der Waals surface area contributed by atoms with E-state index < -0.39 is 16.9 Å². The summed E-state index contributed by atoms with van der Waals surface area (Å²) in [4.78, 5) is 11.8. The summed E-state index contributed by atoms with van der Waals surface area (Å²) in [5, 5.41) is 23.2. The number of hydrogen-bond acceptors (Lipinski definition) is 3. The summed E-state index contributed by atoms with van der Waals surface area (Å²) in [6.07, 6.45) is 8.04. The molecule has 1 aliphatic heterocycles. The van der Waals surface area contributed by atoms with Gasteiger partial charge < -0.3 is 32.8 Å². The number of carbonyl (C=O) groups excluding carboxylic acids is 1. The summed E-state index contributed by atoms with van der Waals surface area (Å²) in [7, 11) is 2.34. The first-order valence-corrected chi connectivity index (χ1v) is 10.5. The number of nitrogens with two attached hydrogens (primary N) is 1. The lowest BCUT2D eigenvalue weighted by Crippen LogP contribution is -3.00. The molecule has 0 radical (unpaired) electrons. The average molecular weight is 407 g/mol. The number of nitrogens with zero attached hydrogens (tertiary/aromatic N) is 1. The van der Waals surface area contributed by atoms with Crippen LogP contribution in [0, 0.1) is 5.92 Å². The number of piperidine rings is 1. The second-order valence-electron chi connectivity index (χ2n) is 9.87. The number of fused-ring (bicyclic) bond motifs is 1. The number of aliphatic hydroxyl groups is 1. The molecule has 2 saturated carbocycles. The third-order valence-electron chi connectivity index (χ3n) is 8.39. The molecule has 0 spiro atoms. The number of hydrogen-bond donors (Lipinski definition) is 3. The van der Waals surface area contributed by atoms with Crippen LogP contribution < -0.4 is 18.1 Å². The molecule has 154 valence electrons. The number of rotatable bonds is 3. The minimum Gasteiger partial charge on any atom is -1.00 e. The SMILES string of the molecule is C[N@+]1(CC2CC2)CC[C@]23CCCCC2(O)[C@H]1Cc1ccc(C(N)=O)c(O)c13.[Cl-]. The van der Waals surface area contributed by atoms with Crippen LogP contribution in [-0.2, 0) is 11.8 Å². The van der Waals surface area contributed by atoms with Crippen molar-refractivity contribution in [3.8, 4) is 5.75 Å². The van der Waals surface area contributed by atoms with Crippen LogP contribution in [-0.4, -0.2) is 52.4 Å². The number of likely N-dealkylation sites (N-methyl/N-ethyl adjacent to an activating group) is 1. The Labute approximate surface area is 172 Å². The number of phenols is 1. The van der Waals surface area contributed by atoms with Crippen molar-refractivity contribution < 1.29 is 31.9 Å². The molecular formula is C22H31ClN2O3. The molecule has 4 N–H and O–H groups in total. The van der Waals surface area contributed by atoms with Crippen LogP contribution in [0.2, 0.25) is 0 Å². The molecule has 2 bridgehead atoms. The zero-order chi connectivity index (χ0) is 19.0. The van der Waals surface area contributed by atoms with Crippen LogP contribution in [0.15, 0.2) is 12.1 Å². The van der Waals surface area contributed by atoms with Gasteiger partial charge in [-0.3, -0.25) is 4.79 Å². The van der Waals surface area contributed by atoms with E-state index in [-0.39, 0.29) is 29.8 Å². The Balaban J connectivity index is 0.00000192. The van der Waals surface area contributed by atoms with E-state index in [0.29, 0.717) is 0 Å². The molecule has 1 aromatic carbocycles. The zero-order valence-corrected chi connectivity index (χ0v) is 17.3. The fourth-order valence-corrected chi connectivity index (χ4v) is 6.93. The van der Waals surface area contributed by atoms with Gasteiger partial charge in [0, 0.05) is 29.7 Å². The molecule has 5 rings (SSSR count). The van der Waals surface area contributed by atoms with Crippen LogP contribution in [0.25, 0.3) is 0 Å². The van der Waals surface area contributed by atoms with E-state index in [1.54, 1.807) is 6.07 Å². The van der Waals surface area contributed by atoms with Crippen LogP contribution in [0.4, 0.5) is 0 Å². The minimum absolute atomic E-state index is 0. The number of carbonyl (C=O) groups is 1. The highest BCUT2D eigenvalue weighted by atomic mass is 35.5. The van der Waals surface area contributed by atoms with Gasteiger partial charge in [0.05, 0.1) is 25.7 Å². The van der Waals surface area contributed by atoms with Crippen molar-refractivity contribution in [1.29, 1.82) is 0 Å². The van der Waals surface area contributed by atoms with Gasteiger partial charge in [0.1, 0.15) is 17.4 Å². The van der Waals surface area contributed by atoms with Crippen molar-refractivity contribution in [3.05, 3.63) is 28.8 Å². The molecular weight excluding hydrogens is 376 g/mol. The van der Waals surface area contributed by atoms with E-state index >= 15 is 0 Å². The quantitative estimate of drug-likeness (QED) is 0.576.